The van der Waals surface area contributed by atoms with E-state index in [9.17, 15) is 5.11 Å². The number of benzene rings is 2. The molecule has 0 saturated carbocycles. The van der Waals surface area contributed by atoms with Crippen molar-refractivity contribution in [2.75, 3.05) is 0 Å². The van der Waals surface area contributed by atoms with Crippen molar-refractivity contribution in [1.29, 1.82) is 0 Å². The Morgan fingerprint density at radius 2 is 1.86 bits per heavy atom. The monoisotopic (exact) mass is 376 g/mol. The van der Waals surface area contributed by atoms with E-state index < -0.39 is 11.9 Å². The molecule has 0 amide bonds. The fraction of sp³-hybridized carbons (Fsp3) is 0.280. The minimum atomic E-state index is -1.30. The quantitative estimate of drug-likeness (QED) is 0.328. The summed E-state index contributed by atoms with van der Waals surface area (Å²) in [4.78, 5) is 0. The van der Waals surface area contributed by atoms with Gasteiger partial charge in [-0.05, 0) is 60.2 Å². The Hall–Kier alpha value is -2.64. The molecule has 1 aromatic carbocycles. The van der Waals surface area contributed by atoms with Crippen molar-refractivity contribution in [3.8, 4) is 23.5 Å². The van der Waals surface area contributed by atoms with E-state index in [4.69, 9.17) is 16.6 Å². The third-order valence-electron chi connectivity index (χ3n) is 5.02. The second-order valence-electron chi connectivity index (χ2n) is 6.92. The van der Waals surface area contributed by atoms with Crippen molar-refractivity contribution in [2.45, 2.75) is 45.5 Å². The van der Waals surface area contributed by atoms with Gasteiger partial charge in [-0.3, -0.25) is 0 Å². The Labute approximate surface area is 167 Å². The first-order valence-corrected chi connectivity index (χ1v) is 9.49. The van der Waals surface area contributed by atoms with Crippen LogP contribution in [0.2, 0.25) is 0 Å². The van der Waals surface area contributed by atoms with Crippen LogP contribution in [0.5, 0.6) is 0 Å². The number of rotatable bonds is 6. The van der Waals surface area contributed by atoms with Gasteiger partial charge in [-0.2, -0.15) is 0 Å². The third-order valence-corrected chi connectivity index (χ3v) is 5.02. The molecule has 1 aromatic rings. The van der Waals surface area contributed by atoms with Crippen LogP contribution in [0, 0.1) is 12.3 Å². The van der Waals surface area contributed by atoms with E-state index in [0.29, 0.717) is 5.56 Å². The van der Waals surface area contributed by atoms with Gasteiger partial charge in [-0.1, -0.05) is 62.3 Å². The molecule has 0 aliphatic heterocycles. The van der Waals surface area contributed by atoms with E-state index in [2.05, 4.69) is 5.92 Å². The molecule has 0 fully saturated rings. The van der Waals surface area contributed by atoms with Gasteiger partial charge < -0.3 is 15.3 Å². The van der Waals surface area contributed by atoms with E-state index in [1.54, 1.807) is 6.07 Å². The first-order valence-electron chi connectivity index (χ1n) is 9.49. The van der Waals surface area contributed by atoms with E-state index in [0.717, 1.165) is 40.7 Å². The van der Waals surface area contributed by atoms with Gasteiger partial charge in [0.25, 0.3) is 0 Å². The average Bonchev–Trinajstić information content (AvgIpc) is 3.36. The molecule has 0 radical (unpaired) electrons. The van der Waals surface area contributed by atoms with Crippen molar-refractivity contribution in [3.63, 3.8) is 0 Å². The number of fused-ring (bicyclic) bond motifs is 1. The Morgan fingerprint density at radius 1 is 1.14 bits per heavy atom. The Kier molecular flexibility index (Phi) is 7.37. The molecule has 2 aliphatic carbocycles. The summed E-state index contributed by atoms with van der Waals surface area (Å²) in [5.41, 5.74) is 5.19. The lowest BCUT2D eigenvalue weighted by Gasteiger charge is -2.19. The SMILES string of the molecule is C#Cc1cccc(C(C)=CC=CC(O)(CC)CC)c1.OC(O)c1ccc2cc1-2. The van der Waals surface area contributed by atoms with Crippen LogP contribution in [-0.4, -0.2) is 20.9 Å². The summed E-state index contributed by atoms with van der Waals surface area (Å²) in [5.74, 6) is 2.64. The molecule has 0 unspecified atom stereocenters. The fourth-order valence-electron chi connectivity index (χ4n) is 2.81. The summed E-state index contributed by atoms with van der Waals surface area (Å²) in [7, 11) is 0. The number of hydrogen-bond donors (Lipinski definition) is 3. The molecule has 3 nitrogen and oxygen atoms in total. The van der Waals surface area contributed by atoms with Gasteiger partial charge in [0.05, 0.1) is 5.60 Å². The molecular formula is C25H28O3. The molecular weight excluding hydrogens is 348 g/mol. The zero-order valence-electron chi connectivity index (χ0n) is 16.7. The Balaban J connectivity index is 0.000000255. The zero-order chi connectivity index (χ0) is 20.7. The number of allylic oxidation sites excluding steroid dienone is 3. The highest BCUT2D eigenvalue weighted by molar-refractivity contribution is 5.84. The van der Waals surface area contributed by atoms with Gasteiger partial charge in [0, 0.05) is 11.1 Å². The Bertz CT molecular complexity index is 910. The molecule has 0 aromatic heterocycles. The van der Waals surface area contributed by atoms with Crippen LogP contribution < -0.4 is 0 Å². The third kappa shape index (κ3) is 5.68. The standard InChI is InChI=1S/C18H22O.C7H6O2/c1-5-16-11-8-12-17(14-16)15(4)10-9-13-18(19,6-2)7-3;8-7(9)5-2-1-4-3-6(4)5/h1,8-14,19H,6-7H2,2-4H3;1-3,7-9H. The van der Waals surface area contributed by atoms with E-state index >= 15 is 0 Å². The van der Waals surface area contributed by atoms with Crippen LogP contribution in [0.4, 0.5) is 0 Å². The maximum Gasteiger partial charge on any atom is 0.179 e. The Morgan fingerprint density at radius 3 is 2.32 bits per heavy atom. The first-order chi connectivity index (χ1) is 13.3. The summed E-state index contributed by atoms with van der Waals surface area (Å²) in [5, 5.41) is 27.5. The second kappa shape index (κ2) is 9.52. The van der Waals surface area contributed by atoms with Gasteiger partial charge in [0.2, 0.25) is 0 Å². The van der Waals surface area contributed by atoms with Crippen LogP contribution in [0.25, 0.3) is 16.7 Å². The number of terminal acetylenes is 1. The maximum absolute atomic E-state index is 10.2. The van der Waals surface area contributed by atoms with Crippen LogP contribution >= 0.6 is 0 Å². The summed E-state index contributed by atoms with van der Waals surface area (Å²) in [6.45, 7) is 6.01. The lowest BCUT2D eigenvalue weighted by Crippen LogP contribution is -2.22. The molecule has 28 heavy (non-hydrogen) atoms. The van der Waals surface area contributed by atoms with Crippen molar-refractivity contribution < 1.29 is 15.3 Å². The molecule has 146 valence electrons. The molecule has 0 heterocycles. The van der Waals surface area contributed by atoms with Crippen LogP contribution in [0.1, 0.15) is 56.6 Å². The van der Waals surface area contributed by atoms with Gasteiger partial charge >= 0.3 is 0 Å². The summed E-state index contributed by atoms with van der Waals surface area (Å²) < 4.78 is 0. The largest absolute Gasteiger partial charge is 0.386 e. The predicted molar refractivity (Wildman–Crippen MR) is 115 cm³/mol. The summed E-state index contributed by atoms with van der Waals surface area (Å²) in [6, 6.07) is 13.4. The van der Waals surface area contributed by atoms with Crippen molar-refractivity contribution in [2.24, 2.45) is 0 Å². The van der Waals surface area contributed by atoms with Gasteiger partial charge in [0.1, 0.15) is 0 Å². The molecule has 3 N–H and O–H groups in total. The first kappa shape index (κ1) is 21.7. The molecule has 0 atom stereocenters. The van der Waals surface area contributed by atoms with Gasteiger partial charge in [-0.25, -0.2) is 0 Å². The molecule has 3 heteroatoms. The lowest BCUT2D eigenvalue weighted by molar-refractivity contribution is -0.0416. The highest BCUT2D eigenvalue weighted by Crippen LogP contribution is 2.40. The summed E-state index contributed by atoms with van der Waals surface area (Å²) in [6.07, 6.45) is 11.3. The average molecular weight is 376 g/mol. The summed E-state index contributed by atoms with van der Waals surface area (Å²) >= 11 is 0. The van der Waals surface area contributed by atoms with Crippen LogP contribution in [-0.2, 0) is 0 Å². The van der Waals surface area contributed by atoms with Gasteiger partial charge in [0.15, 0.2) is 6.29 Å². The van der Waals surface area contributed by atoms with E-state index in [1.165, 1.54) is 0 Å². The van der Waals surface area contributed by atoms with E-state index in [1.807, 2.05) is 75.4 Å². The second-order valence-corrected chi connectivity index (χ2v) is 6.92. The van der Waals surface area contributed by atoms with Crippen molar-refractivity contribution in [1.82, 2.24) is 0 Å². The van der Waals surface area contributed by atoms with E-state index in [-0.39, 0.29) is 0 Å². The number of aliphatic hydroxyl groups excluding tert-OH is 1. The predicted octanol–water partition coefficient (Wildman–Crippen LogP) is 4.83. The highest BCUT2D eigenvalue weighted by Gasteiger charge is 2.20. The molecule has 2 aliphatic rings. The number of aliphatic hydroxyl groups is 3. The molecule has 0 spiro atoms. The zero-order valence-corrected chi connectivity index (χ0v) is 16.7. The minimum Gasteiger partial charge on any atom is -0.386 e. The maximum atomic E-state index is 10.2. The molecule has 0 bridgehead atoms. The normalized spacial score (nSPS) is 12.6. The van der Waals surface area contributed by atoms with Gasteiger partial charge in [-0.15, -0.1) is 6.42 Å². The topological polar surface area (TPSA) is 60.7 Å². The molecule has 0 saturated heterocycles. The van der Waals surface area contributed by atoms with Crippen LogP contribution in [0.15, 0.2) is 60.7 Å². The smallest absolute Gasteiger partial charge is 0.179 e. The molecule has 3 rings (SSSR count). The minimum absolute atomic E-state index is 0.630. The highest BCUT2D eigenvalue weighted by atomic mass is 16.5. The number of hydrogen-bond acceptors (Lipinski definition) is 3. The lowest BCUT2D eigenvalue weighted by atomic mass is 9.96. The fourth-order valence-corrected chi connectivity index (χ4v) is 2.81. The van der Waals surface area contributed by atoms with Crippen LogP contribution in [0.3, 0.4) is 0 Å². The van der Waals surface area contributed by atoms with Crippen molar-refractivity contribution in [3.05, 3.63) is 77.4 Å². The van der Waals surface area contributed by atoms with Crippen molar-refractivity contribution >= 4 is 5.57 Å².